The molecule has 1 heterocycles. The molecule has 3 rings (SSSR count). The molecule has 30 heavy (non-hydrogen) atoms. The second-order valence-corrected chi connectivity index (χ2v) is 6.22. The van der Waals surface area contributed by atoms with Gasteiger partial charge in [-0.25, -0.2) is 0 Å². The van der Waals surface area contributed by atoms with Crippen LogP contribution in [0.25, 0.3) is 0 Å². The van der Waals surface area contributed by atoms with E-state index in [0.717, 1.165) is 11.0 Å². The highest BCUT2D eigenvalue weighted by Crippen LogP contribution is 2.35. The molecule has 2 aromatic carbocycles. The number of ketones is 1. The number of nitrogens with zero attached hydrogens (tertiary/aromatic N) is 2. The van der Waals surface area contributed by atoms with Crippen molar-refractivity contribution < 1.29 is 33.5 Å². The molecule has 0 unspecified atom stereocenters. The zero-order valence-corrected chi connectivity index (χ0v) is 16.0. The Labute approximate surface area is 171 Å². The van der Waals surface area contributed by atoms with Gasteiger partial charge < -0.3 is 14.2 Å². The van der Waals surface area contributed by atoms with Crippen LogP contribution >= 0.6 is 0 Å². The minimum atomic E-state index is -0.831. The van der Waals surface area contributed by atoms with Gasteiger partial charge in [-0.3, -0.25) is 29.4 Å². The predicted octanol–water partition coefficient (Wildman–Crippen LogP) is 2.14. The molecule has 1 aliphatic rings. The number of hydrogen-bond donors (Lipinski definition) is 0. The Morgan fingerprint density at radius 3 is 2.60 bits per heavy atom. The highest BCUT2D eigenvalue weighted by Gasteiger charge is 2.29. The topological polar surface area (TPSA) is 125 Å². The molecule has 10 heteroatoms. The lowest BCUT2D eigenvalue weighted by atomic mass is 10.1. The quantitative estimate of drug-likeness (QED) is 0.278. The van der Waals surface area contributed by atoms with E-state index in [-0.39, 0.29) is 23.7 Å². The Morgan fingerprint density at radius 1 is 1.20 bits per heavy atom. The highest BCUT2D eigenvalue weighted by molar-refractivity contribution is 6.02. The van der Waals surface area contributed by atoms with Crippen molar-refractivity contribution >= 4 is 29.0 Å². The van der Waals surface area contributed by atoms with Crippen LogP contribution < -0.4 is 14.4 Å². The first kappa shape index (κ1) is 20.8. The molecule has 1 amide bonds. The smallest absolute Gasteiger partial charge is 0.326 e. The van der Waals surface area contributed by atoms with E-state index in [1.165, 1.54) is 12.1 Å². The highest BCUT2D eigenvalue weighted by atomic mass is 16.6. The summed E-state index contributed by atoms with van der Waals surface area (Å²) in [6.45, 7) is 1.01. The summed E-state index contributed by atoms with van der Waals surface area (Å²) in [5.74, 6) is -0.960. The number of ether oxygens (including phenoxy) is 3. The van der Waals surface area contributed by atoms with Crippen LogP contribution in [-0.4, -0.2) is 48.9 Å². The van der Waals surface area contributed by atoms with Crippen LogP contribution in [0.4, 0.5) is 11.4 Å². The maximum absolute atomic E-state index is 12.2. The number of hydrogen-bond acceptors (Lipinski definition) is 8. The molecule has 0 atom stereocenters. The Balaban J connectivity index is 1.63. The number of non-ortho nitro benzene ring substituents is 1. The number of amides is 1. The van der Waals surface area contributed by atoms with Gasteiger partial charge in [0, 0.05) is 17.7 Å². The third-order valence-corrected chi connectivity index (χ3v) is 4.24. The maximum Gasteiger partial charge on any atom is 0.326 e. The van der Waals surface area contributed by atoms with Crippen LogP contribution in [0.3, 0.4) is 0 Å². The van der Waals surface area contributed by atoms with E-state index in [9.17, 15) is 24.5 Å². The Hall–Kier alpha value is -3.95. The number of anilines is 1. The van der Waals surface area contributed by atoms with Crippen molar-refractivity contribution in [3.05, 3.63) is 58.1 Å². The molecule has 0 saturated heterocycles. The number of carbonyl (C=O) groups is 3. The molecular weight excluding hydrogens is 396 g/mol. The van der Waals surface area contributed by atoms with Crippen LogP contribution in [0.1, 0.15) is 17.3 Å². The minimum absolute atomic E-state index is 0.0928. The van der Waals surface area contributed by atoms with Crippen molar-refractivity contribution in [1.29, 1.82) is 0 Å². The van der Waals surface area contributed by atoms with Crippen LogP contribution in [0.2, 0.25) is 0 Å². The molecule has 0 spiro atoms. The molecule has 2 aromatic rings. The van der Waals surface area contributed by atoms with Gasteiger partial charge in [0.1, 0.15) is 18.0 Å². The average molecular weight is 414 g/mol. The fourth-order valence-electron chi connectivity index (χ4n) is 2.79. The normalized spacial score (nSPS) is 12.6. The minimum Gasteiger partial charge on any atom is -0.494 e. The Morgan fingerprint density at radius 2 is 1.93 bits per heavy atom. The Kier molecular flexibility index (Phi) is 6.26. The van der Waals surface area contributed by atoms with Gasteiger partial charge in [-0.2, -0.15) is 0 Å². The monoisotopic (exact) mass is 414 g/mol. The summed E-state index contributed by atoms with van der Waals surface area (Å²) < 4.78 is 15.5. The van der Waals surface area contributed by atoms with E-state index in [1.807, 2.05) is 6.92 Å². The zero-order valence-electron chi connectivity index (χ0n) is 16.0. The van der Waals surface area contributed by atoms with Gasteiger partial charge >= 0.3 is 5.97 Å². The summed E-state index contributed by atoms with van der Waals surface area (Å²) >= 11 is 0. The summed E-state index contributed by atoms with van der Waals surface area (Å²) in [7, 11) is 0. The van der Waals surface area contributed by atoms with Gasteiger partial charge in [0.25, 0.3) is 11.6 Å². The lowest BCUT2D eigenvalue weighted by molar-refractivity contribution is -0.384. The van der Waals surface area contributed by atoms with Crippen LogP contribution in [0, 0.1) is 10.1 Å². The first-order chi connectivity index (χ1) is 14.4. The third kappa shape index (κ3) is 4.72. The molecule has 0 saturated carbocycles. The van der Waals surface area contributed by atoms with E-state index in [2.05, 4.69) is 0 Å². The Bertz CT molecular complexity index is 987. The zero-order chi connectivity index (χ0) is 21.7. The number of nitro groups is 1. The van der Waals surface area contributed by atoms with Gasteiger partial charge in [-0.1, -0.05) is 0 Å². The van der Waals surface area contributed by atoms with Gasteiger partial charge in [0.05, 0.1) is 17.2 Å². The van der Waals surface area contributed by atoms with Gasteiger partial charge in [0.2, 0.25) is 0 Å². The average Bonchev–Trinajstić information content (AvgIpc) is 2.74. The fraction of sp³-hybridized carbons (Fsp3) is 0.250. The van der Waals surface area contributed by atoms with Crippen molar-refractivity contribution in [1.82, 2.24) is 0 Å². The number of esters is 1. The molecule has 10 nitrogen and oxygen atoms in total. The van der Waals surface area contributed by atoms with Crippen LogP contribution in [-0.2, 0) is 14.3 Å². The summed E-state index contributed by atoms with van der Waals surface area (Å²) in [6.07, 6.45) is 0. The second-order valence-electron chi connectivity index (χ2n) is 6.22. The number of fused-ring (bicyclic) bond motifs is 1. The van der Waals surface area contributed by atoms with Crippen molar-refractivity contribution in [2.24, 2.45) is 0 Å². The molecule has 1 aliphatic heterocycles. The predicted molar refractivity (Wildman–Crippen MR) is 104 cm³/mol. The van der Waals surface area contributed by atoms with Crippen molar-refractivity contribution in [2.45, 2.75) is 6.92 Å². The van der Waals surface area contributed by atoms with E-state index in [4.69, 9.17) is 14.2 Å². The number of nitro benzene ring substituents is 1. The van der Waals surface area contributed by atoms with Gasteiger partial charge in [-0.05, 0) is 37.3 Å². The van der Waals surface area contributed by atoms with Gasteiger partial charge in [-0.15, -0.1) is 0 Å². The van der Waals surface area contributed by atoms with Crippen LogP contribution in [0.5, 0.6) is 11.5 Å². The largest absolute Gasteiger partial charge is 0.494 e. The number of Topliss-reactive ketones (excluding diaryl/α,β-unsaturated/α-hetero) is 1. The number of carbonyl (C=O) groups excluding carboxylic acids is 3. The SMILES string of the molecule is CCOc1ccc(C(=O)COC(=O)CN2C(=O)COc3ccc([N+](=O)[O-])cc32)cc1. The molecule has 0 radical (unpaired) electrons. The lowest BCUT2D eigenvalue weighted by Gasteiger charge is -2.28. The van der Waals surface area contributed by atoms with E-state index in [0.29, 0.717) is 17.9 Å². The van der Waals surface area contributed by atoms with Crippen molar-refractivity contribution in [3.8, 4) is 11.5 Å². The third-order valence-electron chi connectivity index (χ3n) is 4.24. The summed E-state index contributed by atoms with van der Waals surface area (Å²) in [5.41, 5.74) is 0.181. The molecule has 0 aliphatic carbocycles. The molecule has 0 bridgehead atoms. The maximum atomic E-state index is 12.2. The second kappa shape index (κ2) is 9.03. The van der Waals surface area contributed by atoms with Crippen molar-refractivity contribution in [2.75, 3.05) is 31.3 Å². The molecule has 0 aromatic heterocycles. The first-order valence-corrected chi connectivity index (χ1v) is 9.02. The standard InChI is InChI=1S/C20H18N2O8/c1-2-28-15-6-3-13(4-7-15)17(23)11-30-20(25)10-21-16-9-14(22(26)27)5-8-18(16)29-12-19(21)24/h3-9H,2,10-12H2,1H3. The summed E-state index contributed by atoms with van der Waals surface area (Å²) in [5, 5.41) is 11.0. The number of rotatable bonds is 8. The summed E-state index contributed by atoms with van der Waals surface area (Å²) in [6, 6.07) is 10.1. The molecule has 0 N–H and O–H groups in total. The molecule has 0 fully saturated rings. The van der Waals surface area contributed by atoms with Crippen molar-refractivity contribution in [3.63, 3.8) is 0 Å². The van der Waals surface area contributed by atoms with E-state index < -0.39 is 35.7 Å². The lowest BCUT2D eigenvalue weighted by Crippen LogP contribution is -2.42. The van der Waals surface area contributed by atoms with Gasteiger partial charge in [0.15, 0.2) is 19.0 Å². The van der Waals surface area contributed by atoms with E-state index >= 15 is 0 Å². The van der Waals surface area contributed by atoms with Crippen LogP contribution in [0.15, 0.2) is 42.5 Å². The molecular formula is C20H18N2O8. The number of benzene rings is 2. The molecule has 156 valence electrons. The van der Waals surface area contributed by atoms with E-state index in [1.54, 1.807) is 24.3 Å². The summed E-state index contributed by atoms with van der Waals surface area (Å²) in [4.78, 5) is 48.0. The first-order valence-electron chi connectivity index (χ1n) is 9.02. The fourth-order valence-corrected chi connectivity index (χ4v) is 2.79.